The summed E-state index contributed by atoms with van der Waals surface area (Å²) >= 11 is 0. The summed E-state index contributed by atoms with van der Waals surface area (Å²) < 4.78 is 40.3. The highest BCUT2D eigenvalue weighted by molar-refractivity contribution is 7.86. The standard InChI is InChI=1S/C17H18O5S/c1-13-2-5-15(6-3-13)23(18,19)22-9-8-14-4-7-16-17(12-14)21-11-10-20-16/h2-7,12H,8-11H2,1H3. The van der Waals surface area contributed by atoms with Gasteiger partial charge in [0.05, 0.1) is 11.5 Å². The first kappa shape index (κ1) is 15.8. The molecule has 0 radical (unpaired) electrons. The van der Waals surface area contributed by atoms with E-state index in [1.807, 2.05) is 25.1 Å². The first-order valence-corrected chi connectivity index (χ1v) is 8.80. The van der Waals surface area contributed by atoms with E-state index in [1.54, 1.807) is 24.3 Å². The van der Waals surface area contributed by atoms with Crippen LogP contribution in [0, 0.1) is 6.92 Å². The fraction of sp³-hybridized carbons (Fsp3) is 0.294. The third kappa shape index (κ3) is 3.83. The van der Waals surface area contributed by atoms with Crippen LogP contribution in [0.3, 0.4) is 0 Å². The molecule has 0 saturated heterocycles. The van der Waals surface area contributed by atoms with Crippen LogP contribution in [-0.4, -0.2) is 28.2 Å². The summed E-state index contributed by atoms with van der Waals surface area (Å²) in [6.07, 6.45) is 0.474. The van der Waals surface area contributed by atoms with E-state index < -0.39 is 10.1 Å². The average molecular weight is 334 g/mol. The molecule has 3 rings (SSSR count). The number of aryl methyl sites for hydroxylation is 1. The van der Waals surface area contributed by atoms with Crippen LogP contribution in [0.5, 0.6) is 11.5 Å². The predicted octanol–water partition coefficient (Wildman–Crippen LogP) is 2.71. The molecule has 0 atom stereocenters. The zero-order valence-electron chi connectivity index (χ0n) is 12.8. The third-order valence-electron chi connectivity index (χ3n) is 3.55. The van der Waals surface area contributed by atoms with Gasteiger partial charge in [-0.1, -0.05) is 23.8 Å². The molecule has 0 amide bonds. The maximum absolute atomic E-state index is 12.1. The molecular weight excluding hydrogens is 316 g/mol. The topological polar surface area (TPSA) is 61.8 Å². The molecule has 23 heavy (non-hydrogen) atoms. The van der Waals surface area contributed by atoms with Gasteiger partial charge >= 0.3 is 0 Å². The van der Waals surface area contributed by atoms with Crippen LogP contribution in [0.2, 0.25) is 0 Å². The first-order chi connectivity index (χ1) is 11.0. The second kappa shape index (κ2) is 6.60. The second-order valence-corrected chi connectivity index (χ2v) is 6.93. The fourth-order valence-electron chi connectivity index (χ4n) is 2.29. The zero-order valence-corrected chi connectivity index (χ0v) is 13.6. The Kier molecular flexibility index (Phi) is 4.54. The SMILES string of the molecule is Cc1ccc(S(=O)(=O)OCCc2ccc3c(c2)OCCO3)cc1. The smallest absolute Gasteiger partial charge is 0.296 e. The Morgan fingerprint density at radius 3 is 2.43 bits per heavy atom. The summed E-state index contributed by atoms with van der Waals surface area (Å²) in [5, 5.41) is 0. The van der Waals surface area contributed by atoms with Crippen molar-refractivity contribution in [2.75, 3.05) is 19.8 Å². The lowest BCUT2D eigenvalue weighted by atomic mass is 10.1. The Hall–Kier alpha value is -2.05. The minimum Gasteiger partial charge on any atom is -0.486 e. The summed E-state index contributed by atoms with van der Waals surface area (Å²) in [5.74, 6) is 1.41. The van der Waals surface area contributed by atoms with Gasteiger partial charge in [-0.3, -0.25) is 4.18 Å². The maximum atomic E-state index is 12.1. The zero-order chi connectivity index (χ0) is 16.3. The van der Waals surface area contributed by atoms with E-state index >= 15 is 0 Å². The fourth-order valence-corrected chi connectivity index (χ4v) is 3.19. The molecule has 5 nitrogen and oxygen atoms in total. The number of hydrogen-bond acceptors (Lipinski definition) is 5. The molecule has 2 aromatic rings. The van der Waals surface area contributed by atoms with Crippen LogP contribution in [0.4, 0.5) is 0 Å². The van der Waals surface area contributed by atoms with Crippen molar-refractivity contribution in [3.8, 4) is 11.5 Å². The Bertz CT molecular complexity index is 781. The largest absolute Gasteiger partial charge is 0.486 e. The highest BCUT2D eigenvalue weighted by Gasteiger charge is 2.15. The highest BCUT2D eigenvalue weighted by Crippen LogP contribution is 2.30. The first-order valence-electron chi connectivity index (χ1n) is 7.39. The third-order valence-corrected chi connectivity index (χ3v) is 4.87. The van der Waals surface area contributed by atoms with Crippen molar-refractivity contribution in [3.05, 3.63) is 53.6 Å². The lowest BCUT2D eigenvalue weighted by Crippen LogP contribution is -2.15. The number of ether oxygens (including phenoxy) is 2. The van der Waals surface area contributed by atoms with Crippen LogP contribution in [0.25, 0.3) is 0 Å². The van der Waals surface area contributed by atoms with Crippen LogP contribution >= 0.6 is 0 Å². The van der Waals surface area contributed by atoms with Gasteiger partial charge in [-0.25, -0.2) is 0 Å². The molecule has 2 aromatic carbocycles. The summed E-state index contributed by atoms with van der Waals surface area (Å²) in [5.41, 5.74) is 1.94. The van der Waals surface area contributed by atoms with E-state index in [2.05, 4.69) is 0 Å². The van der Waals surface area contributed by atoms with Crippen molar-refractivity contribution >= 4 is 10.1 Å². The van der Waals surface area contributed by atoms with Crippen molar-refractivity contribution < 1.29 is 22.1 Å². The van der Waals surface area contributed by atoms with Gasteiger partial charge in [-0.15, -0.1) is 0 Å². The number of benzene rings is 2. The van der Waals surface area contributed by atoms with E-state index in [0.717, 1.165) is 11.1 Å². The van der Waals surface area contributed by atoms with E-state index in [-0.39, 0.29) is 11.5 Å². The summed E-state index contributed by atoms with van der Waals surface area (Å²) in [4.78, 5) is 0.172. The van der Waals surface area contributed by atoms with Crippen molar-refractivity contribution in [2.45, 2.75) is 18.2 Å². The van der Waals surface area contributed by atoms with Gasteiger partial charge < -0.3 is 9.47 Å². The van der Waals surface area contributed by atoms with Crippen molar-refractivity contribution in [1.82, 2.24) is 0 Å². The average Bonchev–Trinajstić information content (AvgIpc) is 2.55. The molecule has 1 aliphatic heterocycles. The van der Waals surface area contributed by atoms with Gasteiger partial charge in [0.15, 0.2) is 11.5 Å². The monoisotopic (exact) mass is 334 g/mol. The van der Waals surface area contributed by atoms with Crippen LogP contribution in [0.1, 0.15) is 11.1 Å². The summed E-state index contributed by atoms with van der Waals surface area (Å²) in [6, 6.07) is 12.2. The second-order valence-electron chi connectivity index (χ2n) is 5.32. The Labute approximate surface area is 135 Å². The molecule has 0 unspecified atom stereocenters. The van der Waals surface area contributed by atoms with Crippen LogP contribution < -0.4 is 9.47 Å². The number of fused-ring (bicyclic) bond motifs is 1. The molecule has 0 spiro atoms. The minimum atomic E-state index is -3.72. The summed E-state index contributed by atoms with van der Waals surface area (Å²) in [6.45, 7) is 3.05. The van der Waals surface area contributed by atoms with Gasteiger partial charge in [0.25, 0.3) is 10.1 Å². The van der Waals surface area contributed by atoms with E-state index in [4.69, 9.17) is 13.7 Å². The number of rotatable bonds is 5. The molecule has 1 aliphatic rings. The lowest BCUT2D eigenvalue weighted by Gasteiger charge is -2.18. The van der Waals surface area contributed by atoms with Crippen LogP contribution in [-0.2, 0) is 20.7 Å². The Morgan fingerprint density at radius 1 is 1.00 bits per heavy atom. The normalized spacial score (nSPS) is 13.8. The van der Waals surface area contributed by atoms with Gasteiger partial charge in [-0.2, -0.15) is 8.42 Å². The maximum Gasteiger partial charge on any atom is 0.296 e. The minimum absolute atomic E-state index is 0.0792. The Balaban J connectivity index is 1.61. The molecule has 0 saturated carbocycles. The lowest BCUT2D eigenvalue weighted by molar-refractivity contribution is 0.171. The highest BCUT2D eigenvalue weighted by atomic mass is 32.2. The van der Waals surface area contributed by atoms with Gasteiger partial charge in [0, 0.05) is 0 Å². The van der Waals surface area contributed by atoms with Gasteiger partial charge in [0.1, 0.15) is 13.2 Å². The quantitative estimate of drug-likeness (QED) is 0.787. The van der Waals surface area contributed by atoms with Crippen molar-refractivity contribution in [1.29, 1.82) is 0 Å². The van der Waals surface area contributed by atoms with E-state index in [9.17, 15) is 8.42 Å². The molecule has 0 N–H and O–H groups in total. The number of hydrogen-bond donors (Lipinski definition) is 0. The van der Waals surface area contributed by atoms with Crippen molar-refractivity contribution in [2.24, 2.45) is 0 Å². The molecule has 1 heterocycles. The molecule has 122 valence electrons. The Morgan fingerprint density at radius 2 is 1.70 bits per heavy atom. The van der Waals surface area contributed by atoms with Gasteiger partial charge in [-0.05, 0) is 43.2 Å². The molecule has 0 aromatic heterocycles. The molecular formula is C17H18O5S. The van der Waals surface area contributed by atoms with E-state index in [1.165, 1.54) is 0 Å². The molecule has 0 bridgehead atoms. The van der Waals surface area contributed by atoms with Crippen LogP contribution in [0.15, 0.2) is 47.4 Å². The predicted molar refractivity (Wildman–Crippen MR) is 85.5 cm³/mol. The molecule has 0 aliphatic carbocycles. The summed E-state index contributed by atoms with van der Waals surface area (Å²) in [7, 11) is -3.72. The molecule has 0 fully saturated rings. The van der Waals surface area contributed by atoms with Gasteiger partial charge in [0.2, 0.25) is 0 Å². The van der Waals surface area contributed by atoms with E-state index in [0.29, 0.717) is 31.1 Å². The van der Waals surface area contributed by atoms with Crippen molar-refractivity contribution in [3.63, 3.8) is 0 Å². The molecule has 6 heteroatoms.